The smallest absolute Gasteiger partial charge is 0.159 e. The number of aliphatic hydroxyl groups is 1. The van der Waals surface area contributed by atoms with Crippen molar-refractivity contribution in [1.29, 1.82) is 0 Å². The number of halogens is 2. The van der Waals surface area contributed by atoms with Crippen molar-refractivity contribution in [2.45, 2.75) is 12.7 Å². The zero-order valence-electron chi connectivity index (χ0n) is 10.5. The number of benzene rings is 2. The maximum atomic E-state index is 13.0. The summed E-state index contributed by atoms with van der Waals surface area (Å²) >= 11 is 0. The predicted octanol–water partition coefficient (Wildman–Crippen LogP) is 2.97. The summed E-state index contributed by atoms with van der Waals surface area (Å²) in [5.41, 5.74) is 1.26. The molecule has 0 radical (unpaired) electrons. The highest BCUT2D eigenvalue weighted by atomic mass is 19.2. The molecule has 2 aromatic rings. The molecule has 0 saturated carbocycles. The summed E-state index contributed by atoms with van der Waals surface area (Å²) in [4.78, 5) is 0. The predicted molar refractivity (Wildman–Crippen MR) is 67.6 cm³/mol. The molecular formula is C15H12F2O3. The largest absolute Gasteiger partial charge is 0.490 e. The number of aliphatic hydroxyl groups excluding tert-OH is 1. The Morgan fingerprint density at radius 3 is 2.80 bits per heavy atom. The lowest BCUT2D eigenvalue weighted by atomic mass is 10.1. The van der Waals surface area contributed by atoms with Gasteiger partial charge in [0.25, 0.3) is 0 Å². The number of fused-ring (bicyclic) bond motifs is 1. The second-order valence-corrected chi connectivity index (χ2v) is 4.56. The van der Waals surface area contributed by atoms with Gasteiger partial charge >= 0.3 is 0 Å². The summed E-state index contributed by atoms with van der Waals surface area (Å²) in [6, 6.07) is 8.74. The van der Waals surface area contributed by atoms with Gasteiger partial charge in [0.1, 0.15) is 30.8 Å². The SMILES string of the molecule is OC1COc2cc(OCc3ccc(F)c(F)c3)ccc21. The van der Waals surface area contributed by atoms with Crippen LogP contribution >= 0.6 is 0 Å². The summed E-state index contributed by atoms with van der Waals surface area (Å²) in [6.07, 6.45) is -0.606. The van der Waals surface area contributed by atoms with E-state index in [4.69, 9.17) is 9.47 Å². The van der Waals surface area contributed by atoms with Crippen LogP contribution in [0.25, 0.3) is 0 Å². The standard InChI is InChI=1S/C15H12F2O3/c16-12-4-1-9(5-13(12)17)7-19-10-2-3-11-14(18)8-20-15(11)6-10/h1-6,14,18H,7-8H2. The van der Waals surface area contributed by atoms with Gasteiger partial charge in [-0.1, -0.05) is 6.07 Å². The van der Waals surface area contributed by atoms with Crippen molar-refractivity contribution < 1.29 is 23.4 Å². The summed E-state index contributed by atoms with van der Waals surface area (Å²) < 4.78 is 36.6. The van der Waals surface area contributed by atoms with Crippen molar-refractivity contribution in [1.82, 2.24) is 0 Å². The van der Waals surface area contributed by atoms with Crippen LogP contribution in [0, 0.1) is 11.6 Å². The minimum atomic E-state index is -0.897. The van der Waals surface area contributed by atoms with Crippen LogP contribution in [0.2, 0.25) is 0 Å². The lowest BCUT2D eigenvalue weighted by molar-refractivity contribution is 0.140. The van der Waals surface area contributed by atoms with Crippen molar-refractivity contribution >= 4 is 0 Å². The Bertz CT molecular complexity index is 643. The fourth-order valence-electron chi connectivity index (χ4n) is 2.06. The Hall–Kier alpha value is -2.14. The zero-order chi connectivity index (χ0) is 14.1. The monoisotopic (exact) mass is 278 g/mol. The molecule has 20 heavy (non-hydrogen) atoms. The summed E-state index contributed by atoms with van der Waals surface area (Å²) in [5.74, 6) is -0.650. The average molecular weight is 278 g/mol. The van der Waals surface area contributed by atoms with Gasteiger partial charge in [-0.2, -0.15) is 0 Å². The molecule has 104 valence electrons. The lowest BCUT2D eigenvalue weighted by Gasteiger charge is -2.08. The van der Waals surface area contributed by atoms with E-state index in [0.717, 1.165) is 17.7 Å². The third kappa shape index (κ3) is 2.44. The van der Waals surface area contributed by atoms with Gasteiger partial charge in [-0.15, -0.1) is 0 Å². The molecule has 1 aliphatic heterocycles. The number of ether oxygens (including phenoxy) is 2. The maximum absolute atomic E-state index is 13.0. The minimum absolute atomic E-state index is 0.124. The Morgan fingerprint density at radius 1 is 1.15 bits per heavy atom. The van der Waals surface area contributed by atoms with Crippen LogP contribution < -0.4 is 9.47 Å². The van der Waals surface area contributed by atoms with Crippen molar-refractivity contribution in [3.8, 4) is 11.5 Å². The molecular weight excluding hydrogens is 266 g/mol. The maximum Gasteiger partial charge on any atom is 0.159 e. The topological polar surface area (TPSA) is 38.7 Å². The van der Waals surface area contributed by atoms with Gasteiger partial charge in [0.05, 0.1) is 0 Å². The van der Waals surface area contributed by atoms with E-state index in [1.165, 1.54) is 6.07 Å². The van der Waals surface area contributed by atoms with Crippen LogP contribution in [-0.4, -0.2) is 11.7 Å². The molecule has 0 spiro atoms. The Morgan fingerprint density at radius 2 is 2.00 bits per heavy atom. The molecule has 1 heterocycles. The van der Waals surface area contributed by atoms with E-state index in [0.29, 0.717) is 17.1 Å². The fraction of sp³-hybridized carbons (Fsp3) is 0.200. The number of hydrogen-bond acceptors (Lipinski definition) is 3. The zero-order valence-corrected chi connectivity index (χ0v) is 10.5. The molecule has 5 heteroatoms. The Balaban J connectivity index is 1.71. The lowest BCUT2D eigenvalue weighted by Crippen LogP contribution is -1.97. The van der Waals surface area contributed by atoms with Crippen molar-refractivity contribution in [2.24, 2.45) is 0 Å². The molecule has 0 amide bonds. The van der Waals surface area contributed by atoms with Crippen LogP contribution in [0.15, 0.2) is 36.4 Å². The average Bonchev–Trinajstić information content (AvgIpc) is 2.81. The van der Waals surface area contributed by atoms with Crippen LogP contribution in [0.3, 0.4) is 0 Å². The van der Waals surface area contributed by atoms with E-state index in [9.17, 15) is 13.9 Å². The molecule has 0 saturated heterocycles. The van der Waals surface area contributed by atoms with Gasteiger partial charge in [-0.05, 0) is 29.8 Å². The highest BCUT2D eigenvalue weighted by Gasteiger charge is 2.22. The third-order valence-corrected chi connectivity index (χ3v) is 3.13. The summed E-state index contributed by atoms with van der Waals surface area (Å²) in [7, 11) is 0. The van der Waals surface area contributed by atoms with Gasteiger partial charge in [0.15, 0.2) is 11.6 Å². The Kier molecular flexibility index (Phi) is 3.28. The van der Waals surface area contributed by atoms with E-state index in [2.05, 4.69) is 0 Å². The number of rotatable bonds is 3. The normalized spacial score (nSPS) is 16.6. The second kappa shape index (κ2) is 5.09. The molecule has 3 rings (SSSR count). The Labute approximate surface area is 114 Å². The quantitative estimate of drug-likeness (QED) is 0.938. The van der Waals surface area contributed by atoms with E-state index in [-0.39, 0.29) is 13.2 Å². The molecule has 1 atom stereocenters. The van der Waals surface area contributed by atoms with Crippen LogP contribution in [0.4, 0.5) is 8.78 Å². The van der Waals surface area contributed by atoms with Crippen molar-refractivity contribution in [3.05, 3.63) is 59.2 Å². The molecule has 3 nitrogen and oxygen atoms in total. The number of hydrogen-bond donors (Lipinski definition) is 1. The molecule has 1 N–H and O–H groups in total. The first-order chi connectivity index (χ1) is 9.63. The first-order valence-corrected chi connectivity index (χ1v) is 6.15. The molecule has 0 aromatic heterocycles. The molecule has 1 aliphatic rings. The summed E-state index contributed by atoms with van der Waals surface area (Å²) in [5, 5.41) is 9.59. The summed E-state index contributed by atoms with van der Waals surface area (Å²) in [6.45, 7) is 0.362. The van der Waals surface area contributed by atoms with E-state index in [1.807, 2.05) is 0 Å². The molecule has 0 fully saturated rings. The fourth-order valence-corrected chi connectivity index (χ4v) is 2.06. The molecule has 0 aliphatic carbocycles. The highest BCUT2D eigenvalue weighted by molar-refractivity contribution is 5.44. The van der Waals surface area contributed by atoms with Gasteiger partial charge in [0, 0.05) is 11.6 Å². The van der Waals surface area contributed by atoms with Crippen LogP contribution in [0.5, 0.6) is 11.5 Å². The highest BCUT2D eigenvalue weighted by Crippen LogP contribution is 2.35. The first-order valence-electron chi connectivity index (χ1n) is 6.15. The first kappa shape index (κ1) is 12.9. The van der Waals surface area contributed by atoms with Gasteiger partial charge < -0.3 is 14.6 Å². The van der Waals surface area contributed by atoms with E-state index >= 15 is 0 Å². The third-order valence-electron chi connectivity index (χ3n) is 3.13. The van der Waals surface area contributed by atoms with Gasteiger partial charge in [0.2, 0.25) is 0 Å². The van der Waals surface area contributed by atoms with Crippen LogP contribution in [0.1, 0.15) is 17.2 Å². The van der Waals surface area contributed by atoms with E-state index < -0.39 is 17.7 Å². The minimum Gasteiger partial charge on any atom is -0.490 e. The van der Waals surface area contributed by atoms with Crippen molar-refractivity contribution in [2.75, 3.05) is 6.61 Å². The van der Waals surface area contributed by atoms with Gasteiger partial charge in [-0.25, -0.2) is 8.78 Å². The molecule has 0 bridgehead atoms. The molecule has 1 unspecified atom stereocenters. The van der Waals surface area contributed by atoms with Crippen molar-refractivity contribution in [3.63, 3.8) is 0 Å². The second-order valence-electron chi connectivity index (χ2n) is 4.56. The van der Waals surface area contributed by atoms with Gasteiger partial charge in [-0.3, -0.25) is 0 Å². The van der Waals surface area contributed by atoms with E-state index in [1.54, 1.807) is 18.2 Å². The van der Waals surface area contributed by atoms with Crippen LogP contribution in [-0.2, 0) is 6.61 Å². The molecule has 2 aromatic carbocycles.